The zero-order valence-corrected chi connectivity index (χ0v) is 30.9. The van der Waals surface area contributed by atoms with Gasteiger partial charge in [-0.2, -0.15) is 0 Å². The fourth-order valence-corrected chi connectivity index (χ4v) is 9.88. The molecule has 0 bridgehead atoms. The number of hydrogen-bond donors (Lipinski definition) is 0. The number of benzene rings is 9. The summed E-state index contributed by atoms with van der Waals surface area (Å²) in [6.45, 7) is 0. The molecule has 0 aliphatic heterocycles. The Bertz CT molecular complexity index is 3660. The number of aromatic nitrogens is 3. The van der Waals surface area contributed by atoms with Crippen LogP contribution >= 0.6 is 0 Å². The van der Waals surface area contributed by atoms with Gasteiger partial charge in [0.05, 0.1) is 38.6 Å². The smallest absolute Gasteiger partial charge is 0.0622 e. The molecule has 0 aliphatic rings. The molecule has 264 valence electrons. The van der Waals surface area contributed by atoms with E-state index < -0.39 is 0 Å². The average Bonchev–Trinajstić information content (AvgIpc) is 4.00. The molecule has 3 heteroatoms. The molecule has 0 N–H and O–H groups in total. The first-order chi connectivity index (χ1) is 28.3. The third kappa shape index (κ3) is 4.26. The second-order valence-electron chi connectivity index (χ2n) is 15.3. The Morgan fingerprint density at radius 3 is 1.16 bits per heavy atom. The highest BCUT2D eigenvalue weighted by atomic mass is 15.0. The van der Waals surface area contributed by atoms with Crippen molar-refractivity contribution in [3.63, 3.8) is 0 Å². The van der Waals surface area contributed by atoms with Crippen LogP contribution in [0.3, 0.4) is 0 Å². The summed E-state index contributed by atoms with van der Waals surface area (Å²) < 4.78 is 7.29. The molecule has 0 radical (unpaired) electrons. The van der Waals surface area contributed by atoms with E-state index in [1.165, 1.54) is 115 Å². The molecule has 0 saturated heterocycles. The fraction of sp³-hybridized carbons (Fsp3) is 0. The van der Waals surface area contributed by atoms with Gasteiger partial charge in [0, 0.05) is 54.5 Å². The van der Waals surface area contributed by atoms with Gasteiger partial charge in [0.2, 0.25) is 0 Å². The molecule has 0 fully saturated rings. The molecular weight excluding hydrogens is 691 g/mol. The zero-order chi connectivity index (χ0) is 37.2. The molecule has 9 aromatic carbocycles. The van der Waals surface area contributed by atoms with Crippen molar-refractivity contribution >= 4 is 81.7 Å². The largest absolute Gasteiger partial charge is 0.309 e. The minimum absolute atomic E-state index is 1.17. The van der Waals surface area contributed by atoms with Crippen molar-refractivity contribution in [1.82, 2.24) is 13.5 Å². The van der Waals surface area contributed by atoms with Crippen molar-refractivity contribution in [3.8, 4) is 33.6 Å². The summed E-state index contributed by atoms with van der Waals surface area (Å²) in [5.41, 5.74) is 15.8. The van der Waals surface area contributed by atoms with Crippen molar-refractivity contribution in [2.75, 3.05) is 0 Å². The summed E-state index contributed by atoms with van der Waals surface area (Å²) in [4.78, 5) is 0. The standard InChI is InChI=1S/C54H33N3/c1-2-15-38(16-3-1)55-48-21-8-4-17-40(48)44-30-36(25-27-52(44)55)34-13-12-14-35(29-34)37-26-28-53-45(31-37)41-18-5-9-22-49(41)56(53)39-32-46-42-19-6-10-23-50(42)57-51-24-11-7-20-43(51)47(33-39)54(46)57/h1-33H. The lowest BCUT2D eigenvalue weighted by Gasteiger charge is -2.11. The third-order valence-corrected chi connectivity index (χ3v) is 12.3. The van der Waals surface area contributed by atoms with Gasteiger partial charge in [0.25, 0.3) is 0 Å². The topological polar surface area (TPSA) is 14.3 Å². The van der Waals surface area contributed by atoms with Crippen molar-refractivity contribution in [3.05, 3.63) is 200 Å². The molecule has 4 heterocycles. The molecule has 13 aromatic rings. The molecule has 0 spiro atoms. The van der Waals surface area contributed by atoms with Crippen LogP contribution in [0, 0.1) is 0 Å². The second-order valence-corrected chi connectivity index (χ2v) is 15.3. The summed E-state index contributed by atoms with van der Waals surface area (Å²) in [7, 11) is 0. The van der Waals surface area contributed by atoms with E-state index in [0.717, 1.165) is 0 Å². The minimum atomic E-state index is 1.17. The monoisotopic (exact) mass is 723 g/mol. The van der Waals surface area contributed by atoms with Crippen LogP contribution in [0.1, 0.15) is 0 Å². The highest BCUT2D eigenvalue weighted by molar-refractivity contribution is 6.24. The molecule has 4 aromatic heterocycles. The number of rotatable bonds is 4. The van der Waals surface area contributed by atoms with Gasteiger partial charge >= 0.3 is 0 Å². The fourth-order valence-electron chi connectivity index (χ4n) is 9.88. The van der Waals surface area contributed by atoms with E-state index in [1.54, 1.807) is 0 Å². The predicted molar refractivity (Wildman–Crippen MR) is 241 cm³/mol. The first-order valence-corrected chi connectivity index (χ1v) is 19.7. The van der Waals surface area contributed by atoms with Crippen LogP contribution in [-0.2, 0) is 0 Å². The number of nitrogens with zero attached hydrogens (tertiary/aromatic N) is 3. The number of para-hydroxylation sites is 5. The van der Waals surface area contributed by atoms with E-state index >= 15 is 0 Å². The zero-order valence-electron chi connectivity index (χ0n) is 30.9. The van der Waals surface area contributed by atoms with E-state index in [0.29, 0.717) is 0 Å². The van der Waals surface area contributed by atoms with Gasteiger partial charge in [-0.3, -0.25) is 0 Å². The van der Waals surface area contributed by atoms with E-state index in [1.807, 2.05) is 0 Å². The normalized spacial score (nSPS) is 12.2. The van der Waals surface area contributed by atoms with Gasteiger partial charge in [-0.25, -0.2) is 0 Å². The maximum absolute atomic E-state index is 2.47. The van der Waals surface area contributed by atoms with E-state index in [-0.39, 0.29) is 0 Å². The molecule has 0 atom stereocenters. The van der Waals surface area contributed by atoms with Crippen molar-refractivity contribution < 1.29 is 0 Å². The first kappa shape index (κ1) is 30.7. The van der Waals surface area contributed by atoms with Crippen LogP contribution in [0.2, 0.25) is 0 Å². The summed E-state index contributed by atoms with van der Waals surface area (Å²) in [6, 6.07) is 73.7. The predicted octanol–water partition coefficient (Wildman–Crippen LogP) is 14.4. The van der Waals surface area contributed by atoms with E-state index in [4.69, 9.17) is 0 Å². The summed E-state index contributed by atoms with van der Waals surface area (Å²) in [5.74, 6) is 0. The average molecular weight is 724 g/mol. The van der Waals surface area contributed by atoms with Gasteiger partial charge in [0.15, 0.2) is 0 Å². The summed E-state index contributed by atoms with van der Waals surface area (Å²) in [6.07, 6.45) is 0. The molecule has 13 rings (SSSR count). The lowest BCUT2D eigenvalue weighted by Crippen LogP contribution is -1.94. The lowest BCUT2D eigenvalue weighted by atomic mass is 9.97. The van der Waals surface area contributed by atoms with Gasteiger partial charge in [-0.15, -0.1) is 0 Å². The quantitative estimate of drug-likeness (QED) is 0.172. The summed E-state index contributed by atoms with van der Waals surface area (Å²) >= 11 is 0. The second kappa shape index (κ2) is 11.5. The maximum atomic E-state index is 2.47. The van der Waals surface area contributed by atoms with Crippen LogP contribution in [0.5, 0.6) is 0 Å². The molecule has 0 saturated carbocycles. The van der Waals surface area contributed by atoms with Crippen LogP contribution in [-0.4, -0.2) is 13.5 Å². The Hall–Kier alpha value is -7.62. The van der Waals surface area contributed by atoms with Gasteiger partial charge in [0.1, 0.15) is 0 Å². The Labute approximate surface area is 327 Å². The number of fused-ring (bicyclic) bond motifs is 12. The SMILES string of the molecule is c1ccc(-n2c3ccccc3c3cc(-c4cccc(-c5ccc6c(c5)c5ccccc5n6-c5cc6c7ccccc7n7c8ccccc8c(c5)c67)c4)ccc32)cc1. The number of hydrogen-bond acceptors (Lipinski definition) is 0. The first-order valence-electron chi connectivity index (χ1n) is 19.7. The Morgan fingerprint density at radius 1 is 0.228 bits per heavy atom. The highest BCUT2D eigenvalue weighted by Gasteiger charge is 2.21. The van der Waals surface area contributed by atoms with Crippen molar-refractivity contribution in [2.45, 2.75) is 0 Å². The van der Waals surface area contributed by atoms with Crippen LogP contribution in [0.4, 0.5) is 0 Å². The van der Waals surface area contributed by atoms with Crippen LogP contribution in [0.15, 0.2) is 200 Å². The molecule has 57 heavy (non-hydrogen) atoms. The van der Waals surface area contributed by atoms with Crippen molar-refractivity contribution in [1.29, 1.82) is 0 Å². The van der Waals surface area contributed by atoms with Crippen LogP contribution < -0.4 is 0 Å². The van der Waals surface area contributed by atoms with E-state index in [9.17, 15) is 0 Å². The third-order valence-electron chi connectivity index (χ3n) is 12.3. The Morgan fingerprint density at radius 2 is 0.632 bits per heavy atom. The molecule has 0 unspecified atom stereocenters. The Balaban J connectivity index is 0.972. The highest BCUT2D eigenvalue weighted by Crippen LogP contribution is 2.43. The lowest BCUT2D eigenvalue weighted by molar-refractivity contribution is 1.18. The summed E-state index contributed by atoms with van der Waals surface area (Å²) in [5, 5.41) is 10.2. The molecular formula is C54H33N3. The van der Waals surface area contributed by atoms with Gasteiger partial charge in [-0.05, 0) is 101 Å². The van der Waals surface area contributed by atoms with Crippen molar-refractivity contribution in [2.24, 2.45) is 0 Å². The van der Waals surface area contributed by atoms with Gasteiger partial charge < -0.3 is 13.5 Å². The molecule has 3 nitrogen and oxygen atoms in total. The molecule has 0 amide bonds. The Kier molecular flexibility index (Phi) is 6.16. The minimum Gasteiger partial charge on any atom is -0.309 e. The van der Waals surface area contributed by atoms with Crippen LogP contribution in [0.25, 0.3) is 115 Å². The molecule has 0 aliphatic carbocycles. The maximum Gasteiger partial charge on any atom is 0.0622 e. The van der Waals surface area contributed by atoms with Gasteiger partial charge in [-0.1, -0.05) is 121 Å². The van der Waals surface area contributed by atoms with E-state index in [2.05, 4.69) is 214 Å².